The molecular formula is C62H60Cl3F2N15O4S. The molecule has 8 fully saturated rings. The van der Waals surface area contributed by atoms with Gasteiger partial charge in [0, 0.05) is 81.8 Å². The predicted octanol–water partition coefficient (Wildman–Crippen LogP) is 10.2. The van der Waals surface area contributed by atoms with Crippen LogP contribution in [0.3, 0.4) is 0 Å². The first-order valence-electron chi connectivity index (χ1n) is 30.6. The smallest absolute Gasteiger partial charge is 0.319 e. The number of nitrogens with two attached hydrogens (primary N) is 2. The van der Waals surface area contributed by atoms with Gasteiger partial charge in [-0.05, 0) is 120 Å². The number of anilines is 4. The lowest BCUT2D eigenvalue weighted by atomic mass is 9.93. The zero-order valence-corrected chi connectivity index (χ0v) is 50.4. The molecule has 0 radical (unpaired) electrons. The molecule has 8 saturated heterocycles. The normalized spacial score (nSPS) is 27.6. The maximum Gasteiger partial charge on any atom is 0.319 e. The fourth-order valence-electron chi connectivity index (χ4n) is 17.5. The quantitative estimate of drug-likeness (QED) is 0.106. The highest BCUT2D eigenvalue weighted by Crippen LogP contribution is 2.58. The van der Waals surface area contributed by atoms with Crippen molar-refractivity contribution in [1.29, 1.82) is 5.26 Å². The van der Waals surface area contributed by atoms with Crippen LogP contribution in [-0.2, 0) is 0 Å². The van der Waals surface area contributed by atoms with Crippen molar-refractivity contribution in [3.8, 4) is 51.8 Å². The van der Waals surface area contributed by atoms with Crippen molar-refractivity contribution in [2.75, 3.05) is 80.4 Å². The number of hydrogen-bond donors (Lipinski definition) is 4. The first kappa shape index (κ1) is 53.5. The molecule has 1 unspecified atom stereocenters. The van der Waals surface area contributed by atoms with Gasteiger partial charge in [-0.15, -0.1) is 16.4 Å². The summed E-state index contributed by atoms with van der Waals surface area (Å²) < 4.78 is 66.0. The Labute approximate surface area is 517 Å². The Balaban J connectivity index is 0.733. The summed E-state index contributed by atoms with van der Waals surface area (Å²) in [5.74, 6) is 0.266. The molecule has 6 N–H and O–H groups in total. The second-order valence-electron chi connectivity index (χ2n) is 25.8. The Bertz CT molecular complexity index is 4350. The van der Waals surface area contributed by atoms with Crippen molar-refractivity contribution >= 4 is 106 Å². The maximum absolute atomic E-state index is 18.6. The fraction of sp³-hybridized carbons (Fsp3) is 0.484. The van der Waals surface area contributed by atoms with E-state index in [1.807, 2.05) is 6.07 Å². The molecule has 87 heavy (non-hydrogen) atoms. The number of rotatable bonds is 9. The van der Waals surface area contributed by atoms with Crippen molar-refractivity contribution in [3.63, 3.8) is 0 Å². The third-order valence-corrected chi connectivity index (χ3v) is 23.5. The van der Waals surface area contributed by atoms with Crippen molar-refractivity contribution in [1.82, 2.24) is 50.0 Å². The van der Waals surface area contributed by atoms with Crippen LogP contribution >= 0.6 is 46.1 Å². The number of ether oxygens (including phenoxy) is 4. The number of benzene rings is 3. The molecule has 0 aliphatic carbocycles. The van der Waals surface area contributed by atoms with Gasteiger partial charge in [0.25, 0.3) is 0 Å². The maximum atomic E-state index is 18.6. The average Bonchev–Trinajstić information content (AvgIpc) is 1.77. The highest BCUT2D eigenvalue weighted by atomic mass is 35.5. The summed E-state index contributed by atoms with van der Waals surface area (Å²) in [6.07, 6.45) is 13.0. The van der Waals surface area contributed by atoms with E-state index in [2.05, 4.69) is 47.5 Å². The van der Waals surface area contributed by atoms with Gasteiger partial charge in [0.2, 0.25) is 0 Å². The van der Waals surface area contributed by atoms with Crippen LogP contribution in [0.25, 0.3) is 59.7 Å². The van der Waals surface area contributed by atoms with E-state index in [-0.39, 0.29) is 122 Å². The van der Waals surface area contributed by atoms with E-state index in [4.69, 9.17) is 85.2 Å². The molecule has 0 saturated carbocycles. The summed E-state index contributed by atoms with van der Waals surface area (Å²) in [4.78, 5) is 29.7. The number of nitrogen functional groups attached to an aromatic ring is 2. The highest BCUT2D eigenvalue weighted by molar-refractivity contribution is 7.22. The van der Waals surface area contributed by atoms with Gasteiger partial charge < -0.3 is 50.8 Å². The standard InChI is InChI=1S/C62H60Cl3F2N15O4S/c63-46-31(19-39-32(20-40(69)87-39)41(46)43-48(65)55-45-52(50(43)67)74-59(85-26-61-11-2-15-78(61)16-3-12-61)75-58(45)80-23-29-7-9-35(72-29)38(80)25-84-55)36-10-14-62(13-4-17-81(36)62)27-86-60-73-51-44-54(83-24-37-34-8-6-28(71-34)22-79(37)57(44)76-60)47(64)42(49(51)66)30-5-1-18-82-53(30)33(21-68)56(70)77-82/h1,5,18-20,28-29,34-38,71-72H,2-4,6-17,22-27,69H2,(H2,70,77)/t28-,29-,34+,35+,36?,37-,38-,62-/m1/s1. The number of fused-ring (bicyclic) bond motifs is 14. The zero-order chi connectivity index (χ0) is 58.5. The minimum atomic E-state index is -0.726. The summed E-state index contributed by atoms with van der Waals surface area (Å²) in [6.45, 7) is 5.25. The minimum Gasteiger partial charge on any atom is -0.489 e. The fourth-order valence-corrected chi connectivity index (χ4v) is 19.5. The Kier molecular flexibility index (Phi) is 12.0. The predicted molar refractivity (Wildman–Crippen MR) is 330 cm³/mol. The summed E-state index contributed by atoms with van der Waals surface area (Å²) in [5.41, 5.74) is 14.4. The Hall–Kier alpha value is -6.55. The van der Waals surface area contributed by atoms with Crippen LogP contribution in [0.1, 0.15) is 94.2 Å². The number of nitrogens with one attached hydrogen (secondary N) is 2. The van der Waals surface area contributed by atoms with E-state index in [1.165, 1.54) is 15.9 Å². The van der Waals surface area contributed by atoms with E-state index in [0.29, 0.717) is 92.9 Å². The lowest BCUT2D eigenvalue weighted by Gasteiger charge is -2.40. The number of nitrogens with zero attached hydrogens (tertiary/aromatic N) is 11. The molecule has 8 atom stereocenters. The monoisotopic (exact) mass is 1250 g/mol. The van der Waals surface area contributed by atoms with Gasteiger partial charge in [-0.2, -0.15) is 25.2 Å². The van der Waals surface area contributed by atoms with Crippen molar-refractivity contribution in [2.45, 2.75) is 130 Å². The summed E-state index contributed by atoms with van der Waals surface area (Å²) >= 11 is 24.3. The SMILES string of the molecule is N#Cc1c(N)nn2cccc(-c3c(Cl)c4c5c(nc(OC[C@]67CCCN6C(c6cc8sc(N)cc8c(-c8c(Cl)c9c%10c(nc(OCC%11%12CCCN%11CCC%12)nc%10c8F)N8C[C@H]%10CC[C@H](N%10)[C@H]8CO9)c6Cl)CC7)nc5c3F)N3C[C@H]5CC[C@H](N5)[C@H]3CO4)c12. The second-order valence-corrected chi connectivity index (χ2v) is 28.1. The molecule has 0 amide bonds. The van der Waals surface area contributed by atoms with Crippen LogP contribution in [0.15, 0.2) is 30.5 Å². The topological polar surface area (TPSA) is 219 Å². The molecule has 448 valence electrons. The summed E-state index contributed by atoms with van der Waals surface area (Å²) in [7, 11) is 0. The largest absolute Gasteiger partial charge is 0.489 e. The molecule has 3 aromatic carbocycles. The molecule has 10 aliphatic rings. The Morgan fingerprint density at radius 1 is 0.736 bits per heavy atom. The lowest BCUT2D eigenvalue weighted by molar-refractivity contribution is 0.0846. The van der Waals surface area contributed by atoms with Crippen molar-refractivity contribution in [2.24, 2.45) is 0 Å². The first-order chi connectivity index (χ1) is 42.4. The van der Waals surface area contributed by atoms with Gasteiger partial charge in [0.15, 0.2) is 29.0 Å². The van der Waals surface area contributed by atoms with Crippen molar-refractivity contribution in [3.05, 3.63) is 68.3 Å². The van der Waals surface area contributed by atoms with Gasteiger partial charge in [0.05, 0.1) is 59.5 Å². The van der Waals surface area contributed by atoms with Crippen LogP contribution in [0.4, 0.5) is 31.2 Å². The van der Waals surface area contributed by atoms with E-state index in [9.17, 15) is 5.26 Å². The van der Waals surface area contributed by atoms with Gasteiger partial charge in [0.1, 0.15) is 60.7 Å². The van der Waals surface area contributed by atoms with Crippen LogP contribution in [0.2, 0.25) is 15.1 Å². The molecule has 18 rings (SSSR count). The number of pyridine rings is 1. The van der Waals surface area contributed by atoms with Crippen molar-refractivity contribution < 1.29 is 27.7 Å². The Morgan fingerprint density at radius 2 is 1.34 bits per heavy atom. The zero-order valence-electron chi connectivity index (χ0n) is 47.3. The van der Waals surface area contributed by atoms with Crippen LogP contribution < -0.4 is 50.8 Å². The molecule has 0 spiro atoms. The lowest BCUT2D eigenvalue weighted by Crippen LogP contribution is -2.60. The first-order valence-corrected chi connectivity index (χ1v) is 32.5. The third kappa shape index (κ3) is 7.72. The molecule has 25 heteroatoms. The van der Waals surface area contributed by atoms with E-state index < -0.39 is 17.2 Å². The number of aromatic nitrogens is 6. The number of piperazine rings is 2. The molecule has 8 aromatic rings. The summed E-state index contributed by atoms with van der Waals surface area (Å²) in [5, 5.41) is 24.6. The van der Waals surface area contributed by atoms with E-state index >= 15 is 8.78 Å². The third-order valence-electron chi connectivity index (χ3n) is 21.5. The van der Waals surface area contributed by atoms with E-state index in [0.717, 1.165) is 101 Å². The Morgan fingerprint density at radius 3 is 2.00 bits per heavy atom. The number of nitriles is 1. The molecule has 19 nitrogen and oxygen atoms in total. The van der Waals surface area contributed by atoms with E-state index in [1.54, 1.807) is 18.3 Å². The second kappa shape index (κ2) is 19.5. The number of thiophene rings is 1. The van der Waals surface area contributed by atoms with Gasteiger partial charge in [-0.25, -0.2) is 13.3 Å². The highest BCUT2D eigenvalue weighted by Gasteiger charge is 2.53. The molecule has 10 aliphatic heterocycles. The summed E-state index contributed by atoms with van der Waals surface area (Å²) in [6, 6.07) is 9.86. The molecule has 4 bridgehead atoms. The molecule has 5 aromatic heterocycles. The average molecular weight is 1260 g/mol. The van der Waals surface area contributed by atoms with Gasteiger partial charge in [-0.1, -0.05) is 40.9 Å². The van der Waals surface area contributed by atoms with Crippen LogP contribution in [-0.4, -0.2) is 146 Å². The van der Waals surface area contributed by atoms with Crippen LogP contribution in [0.5, 0.6) is 23.5 Å². The molecule has 15 heterocycles. The van der Waals surface area contributed by atoms with Gasteiger partial charge in [-0.3, -0.25) is 9.80 Å². The van der Waals surface area contributed by atoms with Crippen LogP contribution in [0, 0.1) is 23.0 Å². The minimum absolute atomic E-state index is 0.00471. The molecular weight excluding hydrogens is 1200 g/mol. The number of halogens is 5. The number of hydrogen-bond acceptors (Lipinski definition) is 19. The van der Waals surface area contributed by atoms with Gasteiger partial charge >= 0.3 is 12.0 Å².